The van der Waals surface area contributed by atoms with Crippen LogP contribution in [0.15, 0.2) is 18.2 Å². The summed E-state index contributed by atoms with van der Waals surface area (Å²) < 4.78 is 29.6. The third kappa shape index (κ3) is 3.03. The molecule has 0 heterocycles. The molecule has 0 bridgehead atoms. The molecule has 1 aromatic rings. The Kier molecular flexibility index (Phi) is 4.42. The van der Waals surface area contributed by atoms with E-state index < -0.39 is 22.6 Å². The minimum absolute atomic E-state index is 0.0601. The van der Waals surface area contributed by atoms with Gasteiger partial charge >= 0.3 is 5.69 Å². The first kappa shape index (κ1) is 12.6. The highest BCUT2D eigenvalue weighted by Gasteiger charge is 2.19. The number of benzene rings is 1. The molecule has 0 N–H and O–H groups in total. The van der Waals surface area contributed by atoms with Crippen LogP contribution in [0.3, 0.4) is 0 Å². The van der Waals surface area contributed by atoms with Gasteiger partial charge in [0.15, 0.2) is 5.75 Å². The first-order valence-electron chi connectivity index (χ1n) is 4.31. The number of nitro groups is 1. The number of hydrogen-bond acceptors (Lipinski definition) is 3. The zero-order valence-corrected chi connectivity index (χ0v) is 8.79. The second-order valence-corrected chi connectivity index (χ2v) is 3.20. The van der Waals surface area contributed by atoms with Crippen LogP contribution in [0.2, 0.25) is 0 Å². The Morgan fingerprint density at radius 1 is 1.50 bits per heavy atom. The van der Waals surface area contributed by atoms with E-state index in [1.54, 1.807) is 0 Å². The van der Waals surface area contributed by atoms with Crippen LogP contribution in [0.4, 0.5) is 14.5 Å². The SMILES string of the molecule is O=[N+]([O-])c1cc(C(F)F)ccc1OCCCl. The van der Waals surface area contributed by atoms with E-state index in [-0.39, 0.29) is 18.2 Å². The van der Waals surface area contributed by atoms with Gasteiger partial charge in [-0.3, -0.25) is 10.1 Å². The Bertz CT molecular complexity index is 387. The van der Waals surface area contributed by atoms with Crippen molar-refractivity contribution in [2.45, 2.75) is 6.43 Å². The molecule has 0 atom stereocenters. The molecule has 0 saturated carbocycles. The number of halogens is 3. The number of nitro benzene ring substituents is 1. The molecule has 0 radical (unpaired) electrons. The van der Waals surface area contributed by atoms with Gasteiger partial charge in [-0.2, -0.15) is 0 Å². The predicted molar refractivity (Wildman–Crippen MR) is 54.3 cm³/mol. The molecule has 0 aliphatic carbocycles. The van der Waals surface area contributed by atoms with Crippen LogP contribution in [-0.2, 0) is 0 Å². The topological polar surface area (TPSA) is 52.4 Å². The molecule has 0 spiro atoms. The molecule has 0 aliphatic rings. The van der Waals surface area contributed by atoms with Crippen molar-refractivity contribution in [3.8, 4) is 5.75 Å². The maximum absolute atomic E-state index is 12.3. The molecule has 0 amide bonds. The van der Waals surface area contributed by atoms with Gasteiger partial charge in [-0.15, -0.1) is 11.6 Å². The maximum Gasteiger partial charge on any atom is 0.311 e. The van der Waals surface area contributed by atoms with Crippen LogP contribution in [0.1, 0.15) is 12.0 Å². The first-order chi connectivity index (χ1) is 7.56. The molecule has 1 rings (SSSR count). The van der Waals surface area contributed by atoms with E-state index >= 15 is 0 Å². The van der Waals surface area contributed by atoms with Gasteiger partial charge in [-0.25, -0.2) is 8.78 Å². The van der Waals surface area contributed by atoms with Crippen molar-refractivity contribution in [1.82, 2.24) is 0 Å². The van der Waals surface area contributed by atoms with Crippen molar-refractivity contribution >= 4 is 17.3 Å². The van der Waals surface area contributed by atoms with Gasteiger partial charge in [-0.05, 0) is 12.1 Å². The summed E-state index contributed by atoms with van der Waals surface area (Å²) in [6.45, 7) is 0.0798. The van der Waals surface area contributed by atoms with E-state index in [1.165, 1.54) is 0 Å². The molecule has 16 heavy (non-hydrogen) atoms. The summed E-state index contributed by atoms with van der Waals surface area (Å²) in [6, 6.07) is 3.03. The van der Waals surface area contributed by atoms with Gasteiger partial charge in [0.2, 0.25) is 0 Å². The fourth-order valence-electron chi connectivity index (χ4n) is 1.08. The van der Waals surface area contributed by atoms with Gasteiger partial charge in [0, 0.05) is 11.6 Å². The number of ether oxygens (including phenoxy) is 1. The number of rotatable bonds is 5. The summed E-state index contributed by atoms with van der Waals surface area (Å²) >= 11 is 5.35. The van der Waals surface area contributed by atoms with Crippen molar-refractivity contribution < 1.29 is 18.4 Å². The molecule has 1 aromatic carbocycles. The zero-order chi connectivity index (χ0) is 12.1. The van der Waals surface area contributed by atoms with Crippen LogP contribution in [-0.4, -0.2) is 17.4 Å². The lowest BCUT2D eigenvalue weighted by atomic mass is 10.2. The summed E-state index contributed by atoms with van der Waals surface area (Å²) in [6.07, 6.45) is -2.75. The normalized spacial score (nSPS) is 10.5. The molecule has 88 valence electrons. The van der Waals surface area contributed by atoms with Gasteiger partial charge < -0.3 is 4.74 Å². The van der Waals surface area contributed by atoms with Crippen molar-refractivity contribution in [1.29, 1.82) is 0 Å². The summed E-state index contributed by atoms with van der Waals surface area (Å²) in [5.41, 5.74) is -0.896. The van der Waals surface area contributed by atoms with Gasteiger partial charge in [-0.1, -0.05) is 0 Å². The predicted octanol–water partition coefficient (Wildman–Crippen LogP) is 3.15. The highest BCUT2D eigenvalue weighted by Crippen LogP contribution is 2.31. The average Bonchev–Trinajstić information content (AvgIpc) is 2.25. The van der Waals surface area contributed by atoms with Crippen LogP contribution in [0, 0.1) is 10.1 Å². The molecule has 0 aliphatic heterocycles. The standard InChI is InChI=1S/C9H8ClF2NO3/c10-3-4-16-8-2-1-6(9(11)12)5-7(8)13(14)15/h1-2,5,9H,3-4H2. The molecule has 0 fully saturated rings. The largest absolute Gasteiger partial charge is 0.486 e. The number of alkyl halides is 3. The number of hydrogen-bond donors (Lipinski definition) is 0. The highest BCUT2D eigenvalue weighted by molar-refractivity contribution is 6.18. The lowest BCUT2D eigenvalue weighted by Gasteiger charge is -2.06. The lowest BCUT2D eigenvalue weighted by Crippen LogP contribution is -2.02. The van der Waals surface area contributed by atoms with Gasteiger partial charge in [0.05, 0.1) is 10.8 Å². The van der Waals surface area contributed by atoms with E-state index in [0.717, 1.165) is 18.2 Å². The van der Waals surface area contributed by atoms with E-state index in [0.29, 0.717) is 0 Å². The first-order valence-corrected chi connectivity index (χ1v) is 4.85. The van der Waals surface area contributed by atoms with Crippen molar-refractivity contribution in [2.24, 2.45) is 0 Å². The third-order valence-electron chi connectivity index (χ3n) is 1.77. The molecule has 0 saturated heterocycles. The summed E-state index contributed by atoms with van der Waals surface area (Å²) in [5.74, 6) is 0.100. The van der Waals surface area contributed by atoms with E-state index in [1.807, 2.05) is 0 Å². The summed E-state index contributed by atoms with van der Waals surface area (Å²) in [4.78, 5) is 9.84. The fourth-order valence-corrected chi connectivity index (χ4v) is 1.16. The molecular weight excluding hydrogens is 244 g/mol. The van der Waals surface area contributed by atoms with Crippen molar-refractivity contribution in [3.05, 3.63) is 33.9 Å². The molecular formula is C9H8ClF2NO3. The van der Waals surface area contributed by atoms with Crippen LogP contribution >= 0.6 is 11.6 Å². The second kappa shape index (κ2) is 5.60. The third-order valence-corrected chi connectivity index (χ3v) is 1.92. The average molecular weight is 252 g/mol. The Balaban J connectivity index is 3.04. The van der Waals surface area contributed by atoms with Crippen LogP contribution in [0.5, 0.6) is 5.75 Å². The lowest BCUT2D eigenvalue weighted by molar-refractivity contribution is -0.386. The minimum Gasteiger partial charge on any atom is -0.486 e. The Morgan fingerprint density at radius 3 is 2.69 bits per heavy atom. The van der Waals surface area contributed by atoms with Crippen LogP contribution in [0.25, 0.3) is 0 Å². The molecule has 7 heteroatoms. The number of nitrogens with zero attached hydrogens (tertiary/aromatic N) is 1. The molecule has 0 unspecified atom stereocenters. The Hall–Kier alpha value is -1.43. The highest BCUT2D eigenvalue weighted by atomic mass is 35.5. The Labute approximate surface area is 94.9 Å². The maximum atomic E-state index is 12.3. The fraction of sp³-hybridized carbons (Fsp3) is 0.333. The minimum atomic E-state index is -2.75. The smallest absolute Gasteiger partial charge is 0.311 e. The van der Waals surface area contributed by atoms with E-state index in [2.05, 4.69) is 0 Å². The van der Waals surface area contributed by atoms with Crippen LogP contribution < -0.4 is 4.74 Å². The second-order valence-electron chi connectivity index (χ2n) is 2.82. The monoisotopic (exact) mass is 251 g/mol. The van der Waals surface area contributed by atoms with Crippen molar-refractivity contribution in [3.63, 3.8) is 0 Å². The molecule has 0 aromatic heterocycles. The quantitative estimate of drug-likeness (QED) is 0.459. The van der Waals surface area contributed by atoms with Gasteiger partial charge in [0.25, 0.3) is 6.43 Å². The zero-order valence-electron chi connectivity index (χ0n) is 8.03. The Morgan fingerprint density at radius 2 is 2.19 bits per heavy atom. The van der Waals surface area contributed by atoms with E-state index in [9.17, 15) is 18.9 Å². The summed E-state index contributed by atoms with van der Waals surface area (Å²) in [5, 5.41) is 10.6. The molecule has 4 nitrogen and oxygen atoms in total. The summed E-state index contributed by atoms with van der Waals surface area (Å²) in [7, 11) is 0. The van der Waals surface area contributed by atoms with Gasteiger partial charge in [0.1, 0.15) is 6.61 Å². The van der Waals surface area contributed by atoms with Crippen molar-refractivity contribution in [2.75, 3.05) is 12.5 Å². The van der Waals surface area contributed by atoms with E-state index in [4.69, 9.17) is 16.3 Å².